The van der Waals surface area contributed by atoms with Gasteiger partial charge >= 0.3 is 0 Å². The van der Waals surface area contributed by atoms with Gasteiger partial charge in [-0.2, -0.15) is 5.10 Å². The molecule has 11 nitrogen and oxygen atoms in total. The number of amides is 2. The summed E-state index contributed by atoms with van der Waals surface area (Å²) in [6, 6.07) is 5.33. The summed E-state index contributed by atoms with van der Waals surface area (Å²) in [5, 5.41) is 22.3. The minimum Gasteiger partial charge on any atom is -0.302 e. The van der Waals surface area contributed by atoms with E-state index in [1.165, 1.54) is 47.2 Å². The SMILES string of the molecule is CC(=O)Nc1nc(Cc2n[nH]c(=S)n2NC(=O)c2cccc([N+](=O)[O-])c2)cs1. The third kappa shape index (κ3) is 4.44. The summed E-state index contributed by atoms with van der Waals surface area (Å²) >= 11 is 6.39. The molecule has 0 radical (unpaired) electrons. The number of H-pyrrole nitrogens is 1. The van der Waals surface area contributed by atoms with E-state index in [1.807, 2.05) is 0 Å². The molecule has 2 heterocycles. The molecular formula is C15H13N7O4S2. The Morgan fingerprint density at radius 3 is 2.93 bits per heavy atom. The summed E-state index contributed by atoms with van der Waals surface area (Å²) in [4.78, 5) is 38.1. The van der Waals surface area contributed by atoms with Crippen molar-refractivity contribution in [1.82, 2.24) is 19.9 Å². The molecule has 0 atom stereocenters. The van der Waals surface area contributed by atoms with E-state index in [1.54, 1.807) is 5.38 Å². The van der Waals surface area contributed by atoms with Crippen LogP contribution in [0, 0.1) is 14.9 Å². The fourth-order valence-corrected chi connectivity index (χ4v) is 3.20. The number of benzene rings is 1. The van der Waals surface area contributed by atoms with Crippen LogP contribution in [0.4, 0.5) is 10.8 Å². The molecule has 0 bridgehead atoms. The predicted octanol–water partition coefficient (Wildman–Crippen LogP) is 2.24. The molecule has 2 amide bonds. The molecule has 0 aliphatic rings. The number of carbonyl (C=O) groups is 2. The molecule has 0 aliphatic heterocycles. The maximum atomic E-state index is 12.5. The van der Waals surface area contributed by atoms with E-state index >= 15 is 0 Å². The lowest BCUT2D eigenvalue weighted by Crippen LogP contribution is -2.25. The number of nitro benzene ring substituents is 1. The molecule has 0 spiro atoms. The first-order valence-corrected chi connectivity index (χ1v) is 9.06. The van der Waals surface area contributed by atoms with Crippen LogP contribution in [-0.2, 0) is 11.2 Å². The molecule has 0 fully saturated rings. The van der Waals surface area contributed by atoms with E-state index in [4.69, 9.17) is 12.2 Å². The molecule has 2 aromatic heterocycles. The fraction of sp³-hybridized carbons (Fsp3) is 0.133. The van der Waals surface area contributed by atoms with Crippen LogP contribution in [0.3, 0.4) is 0 Å². The topological polar surface area (TPSA) is 148 Å². The molecule has 13 heteroatoms. The molecule has 3 N–H and O–H groups in total. The Kier molecular flexibility index (Phi) is 5.56. The van der Waals surface area contributed by atoms with E-state index in [2.05, 4.69) is 25.9 Å². The standard InChI is InChI=1S/C15H13N7O4S2/c1-8(23)16-14-17-10(7-28-14)6-12-18-19-15(27)21(12)20-13(24)9-3-2-4-11(5-9)22(25)26/h2-5,7H,6H2,1H3,(H,19,27)(H,20,24)(H,16,17,23). The second kappa shape index (κ2) is 8.06. The summed E-state index contributed by atoms with van der Waals surface area (Å²) < 4.78 is 1.42. The largest absolute Gasteiger partial charge is 0.302 e. The van der Waals surface area contributed by atoms with Gasteiger partial charge in [0.1, 0.15) is 0 Å². The summed E-state index contributed by atoms with van der Waals surface area (Å²) in [5.41, 5.74) is 3.09. The average Bonchev–Trinajstić information content (AvgIpc) is 3.22. The normalized spacial score (nSPS) is 10.5. The van der Waals surface area contributed by atoms with Crippen molar-refractivity contribution in [3.63, 3.8) is 0 Å². The Morgan fingerprint density at radius 1 is 1.43 bits per heavy atom. The van der Waals surface area contributed by atoms with Crippen LogP contribution in [-0.4, -0.2) is 36.6 Å². The zero-order chi connectivity index (χ0) is 20.3. The lowest BCUT2D eigenvalue weighted by Gasteiger charge is -2.08. The van der Waals surface area contributed by atoms with Crippen molar-refractivity contribution in [1.29, 1.82) is 0 Å². The van der Waals surface area contributed by atoms with Crippen LogP contribution in [0.25, 0.3) is 0 Å². The molecule has 0 unspecified atom stereocenters. The Labute approximate surface area is 166 Å². The minimum absolute atomic E-state index is 0.102. The zero-order valence-electron chi connectivity index (χ0n) is 14.3. The Bertz CT molecular complexity index is 1120. The van der Waals surface area contributed by atoms with Crippen LogP contribution in [0.15, 0.2) is 29.6 Å². The van der Waals surface area contributed by atoms with Crippen molar-refractivity contribution < 1.29 is 14.5 Å². The van der Waals surface area contributed by atoms with Gasteiger partial charge in [0.2, 0.25) is 10.7 Å². The van der Waals surface area contributed by atoms with Gasteiger partial charge in [0.25, 0.3) is 11.6 Å². The third-order valence-electron chi connectivity index (χ3n) is 3.45. The van der Waals surface area contributed by atoms with E-state index in [0.29, 0.717) is 16.6 Å². The lowest BCUT2D eigenvalue weighted by molar-refractivity contribution is -0.384. The highest BCUT2D eigenvalue weighted by atomic mass is 32.1. The number of carbonyl (C=O) groups excluding carboxylic acids is 2. The van der Waals surface area contributed by atoms with Crippen molar-refractivity contribution in [2.24, 2.45) is 0 Å². The van der Waals surface area contributed by atoms with Crippen molar-refractivity contribution >= 4 is 46.2 Å². The van der Waals surface area contributed by atoms with Gasteiger partial charge in [-0.25, -0.2) is 9.66 Å². The maximum Gasteiger partial charge on any atom is 0.270 e. The number of nitro groups is 1. The predicted molar refractivity (Wildman–Crippen MR) is 103 cm³/mol. The molecule has 3 rings (SSSR count). The van der Waals surface area contributed by atoms with E-state index in [-0.39, 0.29) is 28.3 Å². The summed E-state index contributed by atoms with van der Waals surface area (Å²) in [7, 11) is 0. The number of aromatic amines is 1. The first kappa shape index (κ1) is 19.3. The van der Waals surface area contributed by atoms with Gasteiger partial charge in [0.05, 0.1) is 17.0 Å². The van der Waals surface area contributed by atoms with Gasteiger partial charge in [-0.3, -0.25) is 30.2 Å². The van der Waals surface area contributed by atoms with Crippen LogP contribution in [0.5, 0.6) is 0 Å². The number of non-ortho nitro benzene ring substituents is 1. The Morgan fingerprint density at radius 2 is 2.21 bits per heavy atom. The minimum atomic E-state index is -0.584. The highest BCUT2D eigenvalue weighted by Crippen LogP contribution is 2.18. The van der Waals surface area contributed by atoms with Gasteiger partial charge in [0.15, 0.2) is 11.0 Å². The van der Waals surface area contributed by atoms with E-state index in [9.17, 15) is 19.7 Å². The molecule has 28 heavy (non-hydrogen) atoms. The first-order valence-electron chi connectivity index (χ1n) is 7.77. The number of hydrogen-bond donors (Lipinski definition) is 3. The quantitative estimate of drug-likeness (QED) is 0.315. The molecule has 144 valence electrons. The number of anilines is 1. The third-order valence-corrected chi connectivity index (χ3v) is 4.53. The first-order chi connectivity index (χ1) is 13.3. The fourth-order valence-electron chi connectivity index (χ4n) is 2.25. The number of aromatic nitrogens is 4. The van der Waals surface area contributed by atoms with E-state index < -0.39 is 10.8 Å². The van der Waals surface area contributed by atoms with Gasteiger partial charge in [-0.05, 0) is 18.3 Å². The molecule has 1 aromatic carbocycles. The molecule has 0 saturated carbocycles. The van der Waals surface area contributed by atoms with Crippen LogP contribution >= 0.6 is 23.6 Å². The second-order valence-corrected chi connectivity index (χ2v) is 6.78. The van der Waals surface area contributed by atoms with Crippen LogP contribution in [0.1, 0.15) is 28.8 Å². The van der Waals surface area contributed by atoms with Gasteiger partial charge in [-0.1, -0.05) is 6.07 Å². The molecule has 0 aliphatic carbocycles. The van der Waals surface area contributed by atoms with Gasteiger partial charge in [0, 0.05) is 30.0 Å². The number of nitrogens with zero attached hydrogens (tertiary/aromatic N) is 4. The summed E-state index contributed by atoms with van der Waals surface area (Å²) in [5.74, 6) is -0.434. The lowest BCUT2D eigenvalue weighted by atomic mass is 10.2. The van der Waals surface area contributed by atoms with Crippen molar-refractivity contribution in [3.8, 4) is 0 Å². The highest BCUT2D eigenvalue weighted by molar-refractivity contribution is 7.71. The smallest absolute Gasteiger partial charge is 0.270 e. The summed E-state index contributed by atoms with van der Waals surface area (Å²) in [6.45, 7) is 1.38. The van der Waals surface area contributed by atoms with E-state index in [0.717, 1.165) is 0 Å². The molecule has 3 aromatic rings. The number of nitrogens with one attached hydrogen (secondary N) is 3. The van der Waals surface area contributed by atoms with Crippen LogP contribution in [0.2, 0.25) is 0 Å². The Balaban J connectivity index is 1.79. The van der Waals surface area contributed by atoms with Crippen molar-refractivity contribution in [3.05, 3.63) is 61.6 Å². The zero-order valence-corrected chi connectivity index (χ0v) is 16.0. The molecular weight excluding hydrogens is 406 g/mol. The number of hydrogen-bond acceptors (Lipinski definition) is 8. The van der Waals surface area contributed by atoms with Crippen LogP contribution < -0.4 is 10.7 Å². The highest BCUT2D eigenvalue weighted by Gasteiger charge is 2.16. The number of thiazole rings is 1. The average molecular weight is 419 g/mol. The summed E-state index contributed by atoms with van der Waals surface area (Å²) in [6.07, 6.45) is 0.235. The molecule has 0 saturated heterocycles. The van der Waals surface area contributed by atoms with Crippen molar-refractivity contribution in [2.75, 3.05) is 10.7 Å². The maximum absolute atomic E-state index is 12.5. The monoisotopic (exact) mass is 419 g/mol. The van der Waals surface area contributed by atoms with Gasteiger partial charge < -0.3 is 5.32 Å². The number of rotatable bonds is 6. The van der Waals surface area contributed by atoms with Crippen molar-refractivity contribution in [2.45, 2.75) is 13.3 Å². The van der Waals surface area contributed by atoms with Gasteiger partial charge in [-0.15, -0.1) is 11.3 Å². The Hall–Kier alpha value is -3.45. The second-order valence-electron chi connectivity index (χ2n) is 5.53.